The van der Waals surface area contributed by atoms with Gasteiger partial charge in [0.05, 0.1) is 23.8 Å². The fraction of sp³-hybridized carbons (Fsp3) is 0.417. The predicted molar refractivity (Wildman–Crippen MR) is 72.3 cm³/mol. The number of aryl methyl sites for hydroxylation is 1. The number of aromatic nitrogens is 4. The molecule has 0 aliphatic heterocycles. The molecule has 0 saturated heterocycles. The van der Waals surface area contributed by atoms with Crippen molar-refractivity contribution in [2.24, 2.45) is 0 Å². The fourth-order valence-corrected chi connectivity index (χ4v) is 2.67. The first-order valence-corrected chi connectivity index (χ1v) is 6.90. The monoisotopic (exact) mass is 280 g/mol. The first-order chi connectivity index (χ1) is 9.06. The Morgan fingerprint density at radius 2 is 2.37 bits per heavy atom. The van der Waals surface area contributed by atoms with Crippen LogP contribution in [0.4, 0.5) is 0 Å². The normalized spacial score (nSPS) is 12.5. The molecule has 6 nitrogen and oxygen atoms in total. The molecule has 1 unspecified atom stereocenters. The van der Waals surface area contributed by atoms with Gasteiger partial charge in [-0.3, -0.25) is 4.79 Å². The summed E-state index contributed by atoms with van der Waals surface area (Å²) in [4.78, 5) is 19.0. The largest absolute Gasteiger partial charge is 0.481 e. The van der Waals surface area contributed by atoms with Crippen LogP contribution in [0.25, 0.3) is 0 Å². The molecular formula is C12H16N4O2S. The lowest BCUT2D eigenvalue weighted by Crippen LogP contribution is -2.13. The van der Waals surface area contributed by atoms with Crippen molar-refractivity contribution in [1.29, 1.82) is 0 Å². The Bertz CT molecular complexity index is 550. The van der Waals surface area contributed by atoms with Gasteiger partial charge in [0, 0.05) is 25.1 Å². The summed E-state index contributed by atoms with van der Waals surface area (Å²) in [5.41, 5.74) is 0.894. The van der Waals surface area contributed by atoms with E-state index in [1.54, 1.807) is 12.5 Å². The average Bonchev–Trinajstić information content (AvgIpc) is 2.95. The van der Waals surface area contributed by atoms with Crippen molar-refractivity contribution in [2.75, 3.05) is 5.75 Å². The third kappa shape index (κ3) is 3.60. The molecule has 1 atom stereocenters. The highest BCUT2D eigenvalue weighted by Crippen LogP contribution is 2.22. The summed E-state index contributed by atoms with van der Waals surface area (Å²) in [6.07, 6.45) is 7.37. The van der Waals surface area contributed by atoms with Crippen LogP contribution in [0.3, 0.4) is 0 Å². The number of imidazole rings is 2. The van der Waals surface area contributed by atoms with Gasteiger partial charge in [0.1, 0.15) is 0 Å². The first kappa shape index (κ1) is 13.7. The van der Waals surface area contributed by atoms with Gasteiger partial charge in [-0.15, -0.1) is 0 Å². The molecule has 1 N–H and O–H groups in total. The summed E-state index contributed by atoms with van der Waals surface area (Å²) in [5.74, 6) is -0.812. The molecule has 2 aromatic rings. The quantitative estimate of drug-likeness (QED) is 0.817. The number of carboxylic acids is 1. The van der Waals surface area contributed by atoms with Crippen LogP contribution in [-0.4, -0.2) is 35.9 Å². The van der Waals surface area contributed by atoms with Crippen molar-refractivity contribution >= 4 is 17.7 Å². The van der Waals surface area contributed by atoms with Crippen LogP contribution in [0.2, 0.25) is 0 Å². The van der Waals surface area contributed by atoms with Gasteiger partial charge in [-0.05, 0) is 13.8 Å². The van der Waals surface area contributed by atoms with E-state index >= 15 is 0 Å². The van der Waals surface area contributed by atoms with E-state index in [2.05, 4.69) is 16.9 Å². The zero-order chi connectivity index (χ0) is 13.8. The topological polar surface area (TPSA) is 72.9 Å². The van der Waals surface area contributed by atoms with Crippen LogP contribution in [0.15, 0.2) is 30.1 Å². The van der Waals surface area contributed by atoms with Crippen LogP contribution in [0, 0.1) is 6.92 Å². The summed E-state index contributed by atoms with van der Waals surface area (Å²) in [6, 6.07) is 0.187. The van der Waals surface area contributed by atoms with Crippen molar-refractivity contribution in [3.8, 4) is 0 Å². The second kappa shape index (κ2) is 5.92. The number of thioether (sulfide) groups is 1. The third-order valence-electron chi connectivity index (χ3n) is 2.65. The van der Waals surface area contributed by atoms with Crippen LogP contribution in [0.1, 0.15) is 18.7 Å². The van der Waals surface area contributed by atoms with Crippen molar-refractivity contribution in [1.82, 2.24) is 19.1 Å². The molecular weight excluding hydrogens is 264 g/mol. The minimum absolute atomic E-state index is 0.0221. The molecule has 0 aliphatic carbocycles. The van der Waals surface area contributed by atoms with Crippen LogP contribution >= 0.6 is 11.8 Å². The number of aliphatic carboxylic acids is 1. The van der Waals surface area contributed by atoms with Gasteiger partial charge in [-0.1, -0.05) is 11.8 Å². The number of carbonyl (C=O) groups is 1. The second-order valence-electron chi connectivity index (χ2n) is 4.36. The van der Waals surface area contributed by atoms with E-state index in [4.69, 9.17) is 5.11 Å². The standard InChI is InChI=1S/C12H16N4O2S/c1-9-5-16(12(14-9)19-7-11(17)18)10(2)6-15-4-3-13-8-15/h3-5,8,10H,6-7H2,1-2H3,(H,17,18). The number of hydrogen-bond donors (Lipinski definition) is 1. The molecule has 0 radical (unpaired) electrons. The van der Waals surface area contributed by atoms with E-state index in [9.17, 15) is 4.79 Å². The zero-order valence-electron chi connectivity index (χ0n) is 10.9. The van der Waals surface area contributed by atoms with E-state index in [0.29, 0.717) is 0 Å². The van der Waals surface area contributed by atoms with Gasteiger partial charge < -0.3 is 14.2 Å². The summed E-state index contributed by atoms with van der Waals surface area (Å²) in [6.45, 7) is 4.76. The predicted octanol–water partition coefficient (Wildman–Crippen LogP) is 1.83. The van der Waals surface area contributed by atoms with Gasteiger partial charge in [0.25, 0.3) is 0 Å². The summed E-state index contributed by atoms with van der Waals surface area (Å²) >= 11 is 1.24. The highest BCUT2D eigenvalue weighted by Gasteiger charge is 2.14. The summed E-state index contributed by atoms with van der Waals surface area (Å²) in [5, 5.41) is 9.49. The third-order valence-corrected chi connectivity index (χ3v) is 3.60. The highest BCUT2D eigenvalue weighted by atomic mass is 32.2. The fourth-order valence-electron chi connectivity index (χ4n) is 1.83. The summed E-state index contributed by atoms with van der Waals surface area (Å²) < 4.78 is 4.01. The minimum atomic E-state index is -0.834. The van der Waals surface area contributed by atoms with Gasteiger partial charge in [-0.25, -0.2) is 9.97 Å². The molecule has 7 heteroatoms. The van der Waals surface area contributed by atoms with Crippen molar-refractivity contribution in [3.63, 3.8) is 0 Å². The first-order valence-electron chi connectivity index (χ1n) is 5.92. The van der Waals surface area contributed by atoms with E-state index in [1.165, 1.54) is 11.8 Å². The number of rotatable bonds is 6. The van der Waals surface area contributed by atoms with Gasteiger partial charge >= 0.3 is 5.97 Å². The molecule has 0 amide bonds. The Kier molecular flexibility index (Phi) is 4.26. The SMILES string of the molecule is Cc1cn(C(C)Cn2ccnc2)c(SCC(=O)O)n1. The molecule has 0 spiro atoms. The maximum Gasteiger partial charge on any atom is 0.313 e. The lowest BCUT2D eigenvalue weighted by Gasteiger charge is -2.16. The van der Waals surface area contributed by atoms with Gasteiger partial charge in [0.15, 0.2) is 5.16 Å². The Morgan fingerprint density at radius 3 is 3.00 bits per heavy atom. The maximum absolute atomic E-state index is 10.6. The molecule has 0 fully saturated rings. The zero-order valence-corrected chi connectivity index (χ0v) is 11.7. The molecule has 19 heavy (non-hydrogen) atoms. The lowest BCUT2D eigenvalue weighted by atomic mass is 10.3. The van der Waals surface area contributed by atoms with Gasteiger partial charge in [-0.2, -0.15) is 0 Å². The Hall–Kier alpha value is -1.76. The second-order valence-corrected chi connectivity index (χ2v) is 5.31. The van der Waals surface area contributed by atoms with Crippen molar-refractivity contribution in [2.45, 2.75) is 31.6 Å². The Balaban J connectivity index is 2.11. The van der Waals surface area contributed by atoms with Gasteiger partial charge in [0.2, 0.25) is 0 Å². The molecule has 0 aromatic carbocycles. The van der Waals surface area contributed by atoms with E-state index in [-0.39, 0.29) is 11.8 Å². The minimum Gasteiger partial charge on any atom is -0.481 e. The Labute approximate surface area is 115 Å². The highest BCUT2D eigenvalue weighted by molar-refractivity contribution is 7.99. The van der Waals surface area contributed by atoms with E-state index in [0.717, 1.165) is 17.4 Å². The summed E-state index contributed by atoms with van der Waals surface area (Å²) in [7, 11) is 0. The number of hydrogen-bond acceptors (Lipinski definition) is 4. The molecule has 2 aromatic heterocycles. The molecule has 2 rings (SSSR count). The van der Waals surface area contributed by atoms with Crippen molar-refractivity contribution < 1.29 is 9.90 Å². The number of nitrogens with zero attached hydrogens (tertiary/aromatic N) is 4. The molecule has 2 heterocycles. The number of carboxylic acid groups (broad SMARTS) is 1. The molecule has 102 valence electrons. The Morgan fingerprint density at radius 1 is 1.58 bits per heavy atom. The van der Waals surface area contributed by atoms with Crippen LogP contribution < -0.4 is 0 Å². The van der Waals surface area contributed by atoms with E-state index in [1.807, 2.05) is 28.5 Å². The maximum atomic E-state index is 10.6. The van der Waals surface area contributed by atoms with Crippen LogP contribution in [-0.2, 0) is 11.3 Å². The molecule has 0 aliphatic rings. The smallest absolute Gasteiger partial charge is 0.313 e. The van der Waals surface area contributed by atoms with Crippen LogP contribution in [0.5, 0.6) is 0 Å². The van der Waals surface area contributed by atoms with Crippen molar-refractivity contribution in [3.05, 3.63) is 30.6 Å². The molecule has 0 bridgehead atoms. The molecule has 0 saturated carbocycles. The van der Waals surface area contributed by atoms with E-state index < -0.39 is 5.97 Å². The average molecular weight is 280 g/mol. The lowest BCUT2D eigenvalue weighted by molar-refractivity contribution is -0.133.